The van der Waals surface area contributed by atoms with Gasteiger partial charge in [0.2, 0.25) is 10.0 Å². The first kappa shape index (κ1) is 28.7. The van der Waals surface area contributed by atoms with Crippen LogP contribution in [0, 0.1) is 25.2 Å². The highest BCUT2D eigenvalue weighted by Crippen LogP contribution is 2.58. The van der Waals surface area contributed by atoms with Gasteiger partial charge in [-0.1, -0.05) is 96.1 Å². The number of sulfonamides is 1. The van der Waals surface area contributed by atoms with Gasteiger partial charge in [0.25, 0.3) is 5.91 Å². The molecule has 0 aromatic heterocycles. The number of carbonyl (C=O) groups excluding carboxylic acids is 2. The maximum Gasteiger partial charge on any atom is 0.261 e. The molecule has 43 heavy (non-hydrogen) atoms. The van der Waals surface area contributed by atoms with Crippen LogP contribution in [0.1, 0.15) is 46.4 Å². The summed E-state index contributed by atoms with van der Waals surface area (Å²) in [5, 5.41) is 6.16. The van der Waals surface area contributed by atoms with Crippen LogP contribution < -0.4 is 5.01 Å². The van der Waals surface area contributed by atoms with Crippen molar-refractivity contribution in [1.82, 2.24) is 4.31 Å². The number of Topliss-reactive ketones (excluding diaryl/α,β-unsaturated/α-hetero) is 1. The lowest BCUT2D eigenvalue weighted by molar-refractivity contribution is -0.126. The van der Waals surface area contributed by atoms with Crippen LogP contribution in [0.3, 0.4) is 0 Å². The first-order valence-corrected chi connectivity index (χ1v) is 15.8. The zero-order valence-electron chi connectivity index (χ0n) is 24.3. The van der Waals surface area contributed by atoms with Gasteiger partial charge in [-0.05, 0) is 50.6 Å². The largest absolute Gasteiger partial charge is 0.294 e. The van der Waals surface area contributed by atoms with E-state index in [0.717, 1.165) is 11.1 Å². The highest BCUT2D eigenvalue weighted by atomic mass is 32.2. The summed E-state index contributed by atoms with van der Waals surface area (Å²) in [5.41, 5.74) is 2.83. The van der Waals surface area contributed by atoms with Gasteiger partial charge in [0.05, 0.1) is 22.3 Å². The van der Waals surface area contributed by atoms with E-state index in [1.54, 1.807) is 55.5 Å². The number of hydrazone groups is 1. The van der Waals surface area contributed by atoms with E-state index >= 15 is 0 Å². The Morgan fingerprint density at radius 3 is 1.98 bits per heavy atom. The fourth-order valence-corrected chi connectivity index (χ4v) is 8.20. The number of rotatable bonds is 7. The molecule has 4 aromatic rings. The van der Waals surface area contributed by atoms with Crippen LogP contribution in [-0.2, 0) is 14.8 Å². The van der Waals surface area contributed by atoms with Gasteiger partial charge in [0.15, 0.2) is 5.78 Å². The second kappa shape index (κ2) is 11.0. The number of hydrogen-bond donors (Lipinski definition) is 0. The van der Waals surface area contributed by atoms with Crippen molar-refractivity contribution in [3.63, 3.8) is 0 Å². The van der Waals surface area contributed by atoms with E-state index in [0.29, 0.717) is 22.5 Å². The van der Waals surface area contributed by atoms with E-state index in [1.165, 1.54) is 9.31 Å². The minimum absolute atomic E-state index is 0.0192. The quantitative estimate of drug-likeness (QED) is 0.235. The highest BCUT2D eigenvalue weighted by molar-refractivity contribution is 7.89. The molecule has 1 saturated heterocycles. The van der Waals surface area contributed by atoms with Crippen molar-refractivity contribution in [2.24, 2.45) is 16.4 Å². The average Bonchev–Trinajstić information content (AvgIpc) is 3.50. The number of amides is 1. The lowest BCUT2D eigenvalue weighted by Gasteiger charge is -2.36. The number of aryl methyl sites for hydroxylation is 2. The SMILES string of the molecule is CC1=NN(c2ccc(C)cc2)C(=O)[C@@]12[C@@H](CC(=O)c1ccccc1)CN(S(=O)(=O)c1ccc(C)cc1)[C@H]2c1ccccc1. The number of nitrogens with zero attached hydrogens (tertiary/aromatic N) is 3. The molecule has 0 saturated carbocycles. The molecular formula is C35H33N3O4S. The molecule has 0 radical (unpaired) electrons. The number of benzene rings is 4. The topological polar surface area (TPSA) is 87.1 Å². The van der Waals surface area contributed by atoms with E-state index in [4.69, 9.17) is 5.10 Å². The Labute approximate surface area is 252 Å². The maximum absolute atomic E-state index is 14.9. The van der Waals surface area contributed by atoms with Crippen molar-refractivity contribution in [2.45, 2.75) is 38.1 Å². The van der Waals surface area contributed by atoms with E-state index in [2.05, 4.69) is 0 Å². The highest BCUT2D eigenvalue weighted by Gasteiger charge is 2.67. The predicted octanol–water partition coefficient (Wildman–Crippen LogP) is 6.35. The van der Waals surface area contributed by atoms with Crippen LogP contribution in [0.25, 0.3) is 0 Å². The molecule has 4 aromatic carbocycles. The molecule has 1 spiro atoms. The standard InChI is InChI=1S/C35H33N3O4S/c1-24-14-18-30(19-15-24)38-34(40)35(26(3)36-38)29(22-32(39)27-10-6-4-7-11-27)23-37(33(35)28-12-8-5-9-13-28)43(41,42)31-20-16-25(2)17-21-31/h4-21,29,33H,22-23H2,1-3H3/t29-,33-,35+/m0/s1. The normalized spacial score (nSPS) is 22.3. The summed E-state index contributed by atoms with van der Waals surface area (Å²) in [6.07, 6.45) is -0.0202. The van der Waals surface area contributed by atoms with Gasteiger partial charge in [0, 0.05) is 24.4 Å². The van der Waals surface area contributed by atoms with Crippen molar-refractivity contribution in [2.75, 3.05) is 11.6 Å². The summed E-state index contributed by atoms with van der Waals surface area (Å²) >= 11 is 0. The van der Waals surface area contributed by atoms with Crippen molar-refractivity contribution in [3.8, 4) is 0 Å². The minimum Gasteiger partial charge on any atom is -0.294 e. The average molecular weight is 592 g/mol. The molecular weight excluding hydrogens is 558 g/mol. The molecule has 2 aliphatic heterocycles. The molecule has 7 nitrogen and oxygen atoms in total. The monoisotopic (exact) mass is 591 g/mol. The third kappa shape index (κ3) is 4.80. The number of hydrogen-bond acceptors (Lipinski definition) is 5. The Hall–Kier alpha value is -4.40. The smallest absolute Gasteiger partial charge is 0.261 e. The number of ketones is 1. The fourth-order valence-electron chi connectivity index (χ4n) is 6.51. The number of anilines is 1. The van der Waals surface area contributed by atoms with Gasteiger partial charge in [-0.3, -0.25) is 9.59 Å². The van der Waals surface area contributed by atoms with Crippen LogP contribution in [0.5, 0.6) is 0 Å². The Balaban J connectivity index is 1.55. The Morgan fingerprint density at radius 1 is 0.814 bits per heavy atom. The van der Waals surface area contributed by atoms with E-state index < -0.39 is 27.4 Å². The van der Waals surface area contributed by atoms with Crippen LogP contribution >= 0.6 is 0 Å². The molecule has 0 bridgehead atoms. The molecule has 1 fully saturated rings. The van der Waals surface area contributed by atoms with Crippen molar-refractivity contribution >= 4 is 33.1 Å². The third-order valence-corrected chi connectivity index (χ3v) is 10.6. The van der Waals surface area contributed by atoms with Crippen LogP contribution in [0.4, 0.5) is 5.69 Å². The lowest BCUT2D eigenvalue weighted by atomic mass is 9.66. The molecule has 6 rings (SSSR count). The van der Waals surface area contributed by atoms with Crippen molar-refractivity contribution in [1.29, 1.82) is 0 Å². The molecule has 0 aliphatic carbocycles. The van der Waals surface area contributed by atoms with Crippen molar-refractivity contribution in [3.05, 3.63) is 131 Å². The molecule has 0 N–H and O–H groups in total. The van der Waals surface area contributed by atoms with Gasteiger partial charge in [0.1, 0.15) is 5.41 Å². The molecule has 0 unspecified atom stereocenters. The molecule has 8 heteroatoms. The van der Waals surface area contributed by atoms with Crippen LogP contribution in [-0.4, -0.2) is 36.7 Å². The fraction of sp³-hybridized carbons (Fsp3) is 0.229. The minimum atomic E-state index is -4.09. The van der Waals surface area contributed by atoms with Gasteiger partial charge < -0.3 is 0 Å². The van der Waals surface area contributed by atoms with E-state index in [9.17, 15) is 18.0 Å². The van der Waals surface area contributed by atoms with Crippen molar-refractivity contribution < 1.29 is 18.0 Å². The molecule has 1 amide bonds. The second-order valence-corrected chi connectivity index (χ2v) is 13.3. The predicted molar refractivity (Wildman–Crippen MR) is 167 cm³/mol. The summed E-state index contributed by atoms with van der Waals surface area (Å²) in [7, 11) is -4.09. The van der Waals surface area contributed by atoms with Gasteiger partial charge >= 0.3 is 0 Å². The summed E-state index contributed by atoms with van der Waals surface area (Å²) in [6, 6.07) is 31.4. The Bertz CT molecular complexity index is 1800. The molecule has 218 valence electrons. The lowest BCUT2D eigenvalue weighted by Crippen LogP contribution is -2.48. The second-order valence-electron chi connectivity index (χ2n) is 11.4. The number of carbonyl (C=O) groups is 2. The Morgan fingerprint density at radius 2 is 1.37 bits per heavy atom. The molecule has 2 aliphatic rings. The zero-order valence-corrected chi connectivity index (χ0v) is 25.2. The van der Waals surface area contributed by atoms with E-state index in [1.807, 2.05) is 74.5 Å². The third-order valence-electron chi connectivity index (χ3n) is 8.71. The first-order valence-electron chi connectivity index (χ1n) is 14.3. The Kier molecular flexibility index (Phi) is 7.36. The molecule has 3 atom stereocenters. The van der Waals surface area contributed by atoms with Gasteiger partial charge in [-0.15, -0.1) is 0 Å². The van der Waals surface area contributed by atoms with Gasteiger partial charge in [-0.25, -0.2) is 8.42 Å². The van der Waals surface area contributed by atoms with Gasteiger partial charge in [-0.2, -0.15) is 14.4 Å². The zero-order chi connectivity index (χ0) is 30.4. The summed E-state index contributed by atoms with van der Waals surface area (Å²) in [5.74, 6) is -1.16. The van der Waals surface area contributed by atoms with Crippen LogP contribution in [0.2, 0.25) is 0 Å². The molecule has 2 heterocycles. The summed E-state index contributed by atoms with van der Waals surface area (Å²) in [4.78, 5) is 28.7. The summed E-state index contributed by atoms with van der Waals surface area (Å²) in [6.45, 7) is 5.63. The van der Waals surface area contributed by atoms with Crippen LogP contribution in [0.15, 0.2) is 119 Å². The van der Waals surface area contributed by atoms with E-state index in [-0.39, 0.29) is 29.6 Å². The summed E-state index contributed by atoms with van der Waals surface area (Å²) < 4.78 is 30.3. The first-order chi connectivity index (χ1) is 20.6. The maximum atomic E-state index is 14.9.